The highest BCUT2D eigenvalue weighted by Crippen LogP contribution is 2.13. The van der Waals surface area contributed by atoms with Crippen LogP contribution in [0.4, 0.5) is 0 Å². The van der Waals surface area contributed by atoms with Crippen molar-refractivity contribution >= 4 is 17.7 Å². The highest BCUT2D eigenvalue weighted by Gasteiger charge is 2.35. The van der Waals surface area contributed by atoms with Gasteiger partial charge in [0.05, 0.1) is 19.8 Å². The van der Waals surface area contributed by atoms with E-state index in [1.807, 2.05) is 60.7 Å². The first-order valence-corrected chi connectivity index (χ1v) is 12.3. The largest absolute Gasteiger partial charge is 0.374 e. The summed E-state index contributed by atoms with van der Waals surface area (Å²) in [5, 5.41) is 2.64. The van der Waals surface area contributed by atoms with Crippen molar-refractivity contribution in [1.82, 2.24) is 15.1 Å². The molecule has 9 heteroatoms. The Morgan fingerprint density at radius 3 is 2.00 bits per heavy atom. The van der Waals surface area contributed by atoms with Crippen LogP contribution in [0.15, 0.2) is 60.7 Å². The molecule has 0 heterocycles. The molecule has 0 aliphatic rings. The first-order chi connectivity index (χ1) is 17.5. The number of likely N-dealkylation sites (N-methyl/N-ethyl adjacent to an activating group) is 3. The monoisotopic (exact) mass is 512 g/mol. The van der Waals surface area contributed by atoms with Crippen molar-refractivity contribution in [1.29, 1.82) is 0 Å². The second kappa shape index (κ2) is 14.5. The molecular weight excluding hydrogens is 472 g/mol. The average molecular weight is 513 g/mol. The Morgan fingerprint density at radius 2 is 1.46 bits per heavy atom. The van der Waals surface area contributed by atoms with Gasteiger partial charge in [0.2, 0.25) is 17.7 Å². The standard InChI is InChI=1S/C28H40N4O5/c1-28(2,29)20-37-19-25(33)31(4)24(18-36-17-22-14-10-7-11-15-22)27(35)32(5)23(26(34)30-3)16-21-12-8-6-9-13-21/h6-15,23-24H,16-20,29H2,1-5H3,(H,30,34)/t23-,24-/m1/s1. The molecule has 0 saturated carbocycles. The Balaban J connectivity index is 2.20. The Hall–Kier alpha value is -3.27. The molecule has 9 nitrogen and oxygen atoms in total. The molecule has 0 saturated heterocycles. The molecule has 0 bridgehead atoms. The molecule has 3 amide bonds. The van der Waals surface area contributed by atoms with Crippen LogP contribution in [0.2, 0.25) is 0 Å². The molecule has 0 aliphatic heterocycles. The summed E-state index contributed by atoms with van der Waals surface area (Å²) in [5.41, 5.74) is 7.20. The molecule has 0 fully saturated rings. The number of carbonyl (C=O) groups is 3. The van der Waals surface area contributed by atoms with Crippen LogP contribution in [-0.2, 0) is 36.9 Å². The van der Waals surface area contributed by atoms with Crippen molar-refractivity contribution in [3.8, 4) is 0 Å². The molecule has 0 aromatic heterocycles. The van der Waals surface area contributed by atoms with Crippen molar-refractivity contribution in [3.05, 3.63) is 71.8 Å². The average Bonchev–Trinajstić information content (AvgIpc) is 2.88. The van der Waals surface area contributed by atoms with E-state index in [9.17, 15) is 14.4 Å². The van der Waals surface area contributed by atoms with Crippen molar-refractivity contribution in [3.63, 3.8) is 0 Å². The number of ether oxygens (including phenoxy) is 2. The second-order valence-electron chi connectivity index (χ2n) is 9.77. The Kier molecular flexibility index (Phi) is 11.7. The van der Waals surface area contributed by atoms with Crippen molar-refractivity contribution in [2.45, 2.75) is 44.5 Å². The number of amides is 3. The van der Waals surface area contributed by atoms with Gasteiger partial charge in [0.1, 0.15) is 18.7 Å². The Labute approximate surface area is 219 Å². The predicted octanol–water partition coefficient (Wildman–Crippen LogP) is 1.60. The van der Waals surface area contributed by atoms with E-state index in [1.54, 1.807) is 20.9 Å². The summed E-state index contributed by atoms with van der Waals surface area (Å²) in [7, 11) is 4.64. The number of nitrogens with one attached hydrogen (secondary N) is 1. The summed E-state index contributed by atoms with van der Waals surface area (Å²) in [6.07, 6.45) is 0.326. The summed E-state index contributed by atoms with van der Waals surface area (Å²) in [4.78, 5) is 42.1. The van der Waals surface area contributed by atoms with Gasteiger partial charge in [-0.2, -0.15) is 0 Å². The normalized spacial score (nSPS) is 12.9. The smallest absolute Gasteiger partial charge is 0.249 e. The molecule has 2 rings (SSSR count). The number of rotatable bonds is 14. The molecule has 0 spiro atoms. The minimum atomic E-state index is -0.960. The SMILES string of the molecule is CNC(=O)[C@@H](Cc1ccccc1)N(C)C(=O)[C@@H](COCc1ccccc1)N(C)C(=O)COCC(C)(C)N. The topological polar surface area (TPSA) is 114 Å². The van der Waals surface area contributed by atoms with Crippen LogP contribution in [0.5, 0.6) is 0 Å². The zero-order chi connectivity index (χ0) is 27.4. The fraction of sp³-hybridized carbons (Fsp3) is 0.464. The quantitative estimate of drug-likeness (QED) is 0.398. The van der Waals surface area contributed by atoms with Gasteiger partial charge < -0.3 is 30.3 Å². The molecular formula is C28H40N4O5. The maximum absolute atomic E-state index is 13.7. The van der Waals surface area contributed by atoms with E-state index >= 15 is 0 Å². The lowest BCUT2D eigenvalue weighted by molar-refractivity contribution is -0.152. The summed E-state index contributed by atoms with van der Waals surface area (Å²) >= 11 is 0. The van der Waals surface area contributed by atoms with Gasteiger partial charge in [-0.1, -0.05) is 60.7 Å². The van der Waals surface area contributed by atoms with E-state index in [1.165, 1.54) is 23.9 Å². The Bertz CT molecular complexity index is 995. The van der Waals surface area contributed by atoms with Crippen molar-refractivity contribution in [2.24, 2.45) is 5.73 Å². The van der Waals surface area contributed by atoms with Gasteiger partial charge in [-0.25, -0.2) is 0 Å². The second-order valence-corrected chi connectivity index (χ2v) is 9.77. The van der Waals surface area contributed by atoms with E-state index in [-0.39, 0.29) is 38.2 Å². The molecule has 0 aliphatic carbocycles. The molecule has 2 atom stereocenters. The highest BCUT2D eigenvalue weighted by atomic mass is 16.5. The zero-order valence-corrected chi connectivity index (χ0v) is 22.5. The minimum absolute atomic E-state index is 0.0471. The van der Waals surface area contributed by atoms with E-state index in [2.05, 4.69) is 5.32 Å². The predicted molar refractivity (Wildman–Crippen MR) is 143 cm³/mol. The number of hydrogen-bond acceptors (Lipinski definition) is 6. The number of nitrogens with zero attached hydrogens (tertiary/aromatic N) is 2. The van der Waals surface area contributed by atoms with Crippen molar-refractivity contribution in [2.75, 3.05) is 41.0 Å². The highest BCUT2D eigenvalue weighted by molar-refractivity contribution is 5.92. The van der Waals surface area contributed by atoms with Gasteiger partial charge >= 0.3 is 0 Å². The van der Waals surface area contributed by atoms with E-state index in [4.69, 9.17) is 15.2 Å². The molecule has 202 valence electrons. The van der Waals surface area contributed by atoms with E-state index in [0.717, 1.165) is 11.1 Å². The molecule has 0 unspecified atom stereocenters. The molecule has 2 aromatic carbocycles. The summed E-state index contributed by atoms with van der Waals surface area (Å²) in [5.74, 6) is -1.10. The fourth-order valence-electron chi connectivity index (χ4n) is 3.69. The maximum atomic E-state index is 13.7. The molecule has 2 aromatic rings. The van der Waals surface area contributed by atoms with Gasteiger partial charge in [0.25, 0.3) is 0 Å². The van der Waals surface area contributed by atoms with Crippen LogP contribution < -0.4 is 11.1 Å². The first-order valence-electron chi connectivity index (χ1n) is 12.3. The summed E-state index contributed by atoms with van der Waals surface area (Å²) < 4.78 is 11.3. The third-order valence-corrected chi connectivity index (χ3v) is 5.87. The van der Waals surface area contributed by atoms with Gasteiger partial charge in [-0.3, -0.25) is 14.4 Å². The van der Waals surface area contributed by atoms with Crippen LogP contribution >= 0.6 is 0 Å². The minimum Gasteiger partial charge on any atom is -0.374 e. The zero-order valence-electron chi connectivity index (χ0n) is 22.5. The number of hydrogen-bond donors (Lipinski definition) is 2. The third kappa shape index (κ3) is 9.95. The van der Waals surface area contributed by atoms with Crippen LogP contribution in [0.1, 0.15) is 25.0 Å². The van der Waals surface area contributed by atoms with Gasteiger partial charge in [-0.05, 0) is 25.0 Å². The lowest BCUT2D eigenvalue weighted by Crippen LogP contribution is -2.56. The lowest BCUT2D eigenvalue weighted by atomic mass is 10.0. The fourth-order valence-corrected chi connectivity index (χ4v) is 3.69. The third-order valence-electron chi connectivity index (χ3n) is 5.87. The summed E-state index contributed by atoms with van der Waals surface area (Å²) in [6.45, 7) is 3.78. The molecule has 3 N–H and O–H groups in total. The first kappa shape index (κ1) is 30.0. The number of benzene rings is 2. The van der Waals surface area contributed by atoms with Crippen LogP contribution in [0.3, 0.4) is 0 Å². The van der Waals surface area contributed by atoms with Gasteiger partial charge in [-0.15, -0.1) is 0 Å². The van der Waals surface area contributed by atoms with Crippen LogP contribution in [0, 0.1) is 0 Å². The van der Waals surface area contributed by atoms with Crippen LogP contribution in [-0.4, -0.2) is 86.1 Å². The van der Waals surface area contributed by atoms with E-state index < -0.39 is 23.5 Å². The molecule has 0 radical (unpaired) electrons. The number of nitrogens with two attached hydrogens (primary N) is 1. The van der Waals surface area contributed by atoms with Crippen LogP contribution in [0.25, 0.3) is 0 Å². The van der Waals surface area contributed by atoms with Crippen molar-refractivity contribution < 1.29 is 23.9 Å². The molecule has 37 heavy (non-hydrogen) atoms. The lowest BCUT2D eigenvalue weighted by Gasteiger charge is -2.34. The number of carbonyl (C=O) groups excluding carboxylic acids is 3. The maximum Gasteiger partial charge on any atom is 0.249 e. The Morgan fingerprint density at radius 1 is 0.892 bits per heavy atom. The van der Waals surface area contributed by atoms with Gasteiger partial charge in [0.15, 0.2) is 0 Å². The van der Waals surface area contributed by atoms with Gasteiger partial charge in [0, 0.05) is 33.1 Å². The summed E-state index contributed by atoms with van der Waals surface area (Å²) in [6, 6.07) is 17.3. The van der Waals surface area contributed by atoms with E-state index in [0.29, 0.717) is 6.42 Å².